The lowest BCUT2D eigenvalue weighted by Gasteiger charge is -2.24. The molecule has 0 aromatic carbocycles. The highest BCUT2D eigenvalue weighted by atomic mass is 35.5. The number of nitrogens with zero attached hydrogens (tertiary/aromatic N) is 3. The largest absolute Gasteiger partial charge is 0.394 e. The monoisotopic (exact) mass is 288 g/mol. The molecule has 1 aliphatic heterocycles. The minimum atomic E-state index is -2.93. The summed E-state index contributed by atoms with van der Waals surface area (Å²) in [5.74, 6) is 1.89. The lowest BCUT2D eigenvalue weighted by Crippen LogP contribution is -2.44. The molecule has 4 N–H and O–H groups in total. The number of hydrogen-bond acceptors (Lipinski definition) is 7. The van der Waals surface area contributed by atoms with Crippen molar-refractivity contribution >= 4 is 17.4 Å². The van der Waals surface area contributed by atoms with Gasteiger partial charge < -0.3 is 20.7 Å². The number of anilines is 1. The average Bonchev–Trinajstić information content (AvgIpc) is 2.63. The Morgan fingerprint density at radius 1 is 1.84 bits per heavy atom. The first-order chi connectivity index (χ1) is 9.61. The van der Waals surface area contributed by atoms with Gasteiger partial charge >= 0.3 is 5.69 Å². The van der Waals surface area contributed by atoms with Crippen LogP contribution in [0.2, 0.25) is 0 Å². The number of aromatic nitrogens is 3. The molecule has 19 heavy (non-hydrogen) atoms. The SMILES string of the molecule is [2H]C([2H])(O)[C@H]1O[C@@H](n2ncc(N)nc2=O)C(Cl)(C#C)[C@H]1O. The van der Waals surface area contributed by atoms with Crippen LogP contribution in [0.4, 0.5) is 5.82 Å². The van der Waals surface area contributed by atoms with Crippen LogP contribution in [0.15, 0.2) is 11.0 Å². The number of aliphatic hydroxyl groups excluding tert-OH is 1. The molecule has 1 unspecified atom stereocenters. The Morgan fingerprint density at radius 2 is 2.53 bits per heavy atom. The molecule has 0 aliphatic carbocycles. The highest BCUT2D eigenvalue weighted by Crippen LogP contribution is 2.41. The minimum absolute atomic E-state index is 0.148. The summed E-state index contributed by atoms with van der Waals surface area (Å²) in [6.07, 6.45) is 1.19. The van der Waals surface area contributed by atoms with Crippen molar-refractivity contribution < 1.29 is 17.7 Å². The minimum Gasteiger partial charge on any atom is -0.394 e. The van der Waals surface area contributed by atoms with E-state index in [0.29, 0.717) is 4.68 Å². The molecule has 0 bridgehead atoms. The summed E-state index contributed by atoms with van der Waals surface area (Å²) < 4.78 is 20.2. The maximum Gasteiger partial charge on any atom is 0.368 e. The summed E-state index contributed by atoms with van der Waals surface area (Å²) in [5.41, 5.74) is 4.35. The second-order valence-corrected chi connectivity index (χ2v) is 4.43. The van der Waals surface area contributed by atoms with Gasteiger partial charge in [0, 0.05) is 0 Å². The van der Waals surface area contributed by atoms with Gasteiger partial charge in [-0.25, -0.2) is 4.79 Å². The van der Waals surface area contributed by atoms with E-state index >= 15 is 0 Å². The predicted octanol–water partition coefficient (Wildman–Crippen LogP) is -1.92. The van der Waals surface area contributed by atoms with E-state index in [-0.39, 0.29) is 5.82 Å². The van der Waals surface area contributed by atoms with E-state index in [1.54, 1.807) is 0 Å². The molecule has 0 amide bonds. The molecule has 2 rings (SSSR count). The highest BCUT2D eigenvalue weighted by Gasteiger charge is 2.56. The first-order valence-corrected chi connectivity index (χ1v) is 5.43. The Hall–Kier alpha value is -1.66. The van der Waals surface area contributed by atoms with Crippen molar-refractivity contribution in [2.45, 2.75) is 23.3 Å². The number of ether oxygens (including phenoxy) is 1. The Labute approximate surface area is 115 Å². The zero-order chi connectivity index (χ0) is 16.0. The summed E-state index contributed by atoms with van der Waals surface area (Å²) in [5, 5.41) is 23.1. The van der Waals surface area contributed by atoms with Crippen LogP contribution in [-0.2, 0) is 4.74 Å². The van der Waals surface area contributed by atoms with E-state index in [2.05, 4.69) is 10.1 Å². The number of hydrogen-bond donors (Lipinski definition) is 3. The van der Waals surface area contributed by atoms with Crippen LogP contribution in [0.25, 0.3) is 0 Å². The Morgan fingerprint density at radius 3 is 3.05 bits per heavy atom. The van der Waals surface area contributed by atoms with Crippen molar-refractivity contribution in [2.24, 2.45) is 0 Å². The van der Waals surface area contributed by atoms with E-state index in [1.165, 1.54) is 0 Å². The summed E-state index contributed by atoms with van der Waals surface area (Å²) in [6.45, 7) is -2.93. The van der Waals surface area contributed by atoms with Gasteiger partial charge in [-0.3, -0.25) is 0 Å². The zero-order valence-corrected chi connectivity index (χ0v) is 10.2. The van der Waals surface area contributed by atoms with Crippen LogP contribution < -0.4 is 11.4 Å². The molecule has 9 heteroatoms. The van der Waals surface area contributed by atoms with Gasteiger partial charge in [-0.15, -0.1) is 6.42 Å². The number of halogens is 1. The van der Waals surface area contributed by atoms with E-state index < -0.39 is 35.6 Å². The van der Waals surface area contributed by atoms with E-state index in [1.807, 2.05) is 5.92 Å². The Bertz CT molecular complexity index is 658. The fourth-order valence-corrected chi connectivity index (χ4v) is 1.95. The maximum atomic E-state index is 11.8. The van der Waals surface area contributed by atoms with Crippen molar-refractivity contribution in [3.8, 4) is 12.3 Å². The molecule has 0 spiro atoms. The van der Waals surface area contributed by atoms with Gasteiger partial charge in [0.15, 0.2) is 11.1 Å². The van der Waals surface area contributed by atoms with Gasteiger partial charge in [0.1, 0.15) is 18.0 Å². The highest BCUT2D eigenvalue weighted by molar-refractivity contribution is 6.27. The number of terminal acetylenes is 1. The van der Waals surface area contributed by atoms with Crippen molar-refractivity contribution in [1.29, 1.82) is 0 Å². The van der Waals surface area contributed by atoms with Gasteiger partial charge in [0.05, 0.1) is 15.5 Å². The molecule has 1 aromatic rings. The molecule has 4 atom stereocenters. The zero-order valence-electron chi connectivity index (χ0n) is 11.4. The van der Waals surface area contributed by atoms with Crippen LogP contribution in [0, 0.1) is 12.3 Å². The third kappa shape index (κ3) is 2.06. The van der Waals surface area contributed by atoms with E-state index in [0.717, 1.165) is 6.20 Å². The predicted molar refractivity (Wildman–Crippen MR) is 65.1 cm³/mol. The Balaban J connectivity index is 2.53. The standard InChI is InChI=1S/C10H11ClN4O4/c1-2-10(11)7(17)5(4-16)19-8(10)15-9(18)14-6(12)3-13-15/h1,3,5,7-8,16-17H,4H2,(H2,12,14,18)/t5-,7+,8-,10?/m1/s1/i4D2. The summed E-state index contributed by atoms with van der Waals surface area (Å²) in [4.78, 5) is 13.1. The van der Waals surface area contributed by atoms with Crippen molar-refractivity contribution in [2.75, 3.05) is 12.3 Å². The quantitative estimate of drug-likeness (QED) is 0.428. The maximum absolute atomic E-state index is 11.8. The molecule has 1 aliphatic rings. The van der Waals surface area contributed by atoms with Gasteiger partial charge in [-0.05, 0) is 0 Å². The van der Waals surface area contributed by atoms with Gasteiger partial charge in [0.2, 0.25) is 0 Å². The lowest BCUT2D eigenvalue weighted by atomic mass is 10.00. The molecule has 1 saturated heterocycles. The van der Waals surface area contributed by atoms with Crippen LogP contribution in [-0.4, -0.2) is 48.6 Å². The third-order valence-corrected chi connectivity index (χ3v) is 3.18. The summed E-state index contributed by atoms with van der Waals surface area (Å²) >= 11 is 6.07. The second kappa shape index (κ2) is 4.79. The van der Waals surface area contributed by atoms with Gasteiger partial charge in [-0.2, -0.15) is 14.8 Å². The number of nitrogen functional groups attached to an aromatic ring is 1. The first-order valence-electron chi connectivity index (χ1n) is 6.05. The van der Waals surface area contributed by atoms with Gasteiger partial charge in [-0.1, -0.05) is 17.5 Å². The average molecular weight is 289 g/mol. The molecule has 8 nitrogen and oxygen atoms in total. The normalized spacial score (nSPS) is 36.4. The first kappa shape index (κ1) is 11.2. The molecular weight excluding hydrogens is 276 g/mol. The Kier molecular flexibility index (Phi) is 2.82. The fourth-order valence-electron chi connectivity index (χ4n) is 1.69. The second-order valence-electron chi connectivity index (χ2n) is 3.80. The third-order valence-electron chi connectivity index (χ3n) is 2.66. The van der Waals surface area contributed by atoms with Crippen LogP contribution >= 0.6 is 11.6 Å². The topological polar surface area (TPSA) is 123 Å². The van der Waals surface area contributed by atoms with Crippen LogP contribution in [0.3, 0.4) is 0 Å². The molecule has 1 aromatic heterocycles. The number of rotatable bonds is 2. The smallest absolute Gasteiger partial charge is 0.368 e. The molecule has 102 valence electrons. The number of aliphatic hydroxyl groups is 2. The lowest BCUT2D eigenvalue weighted by molar-refractivity contribution is -0.0512. The van der Waals surface area contributed by atoms with E-state index in [9.17, 15) is 15.0 Å². The van der Waals surface area contributed by atoms with Crippen LogP contribution in [0.1, 0.15) is 8.97 Å². The molecule has 0 radical (unpaired) electrons. The van der Waals surface area contributed by atoms with Gasteiger partial charge in [0.25, 0.3) is 0 Å². The van der Waals surface area contributed by atoms with Crippen molar-refractivity contribution in [3.63, 3.8) is 0 Å². The molecular formula is C10H11ClN4O4. The molecule has 1 fully saturated rings. The summed E-state index contributed by atoms with van der Waals surface area (Å²) in [7, 11) is 0. The molecule has 0 saturated carbocycles. The number of nitrogens with two attached hydrogens (primary N) is 1. The van der Waals surface area contributed by atoms with E-state index in [4.69, 9.17) is 31.2 Å². The van der Waals surface area contributed by atoms with Crippen molar-refractivity contribution in [1.82, 2.24) is 14.8 Å². The summed E-state index contributed by atoms with van der Waals surface area (Å²) in [6, 6.07) is 0. The van der Waals surface area contributed by atoms with Crippen LogP contribution in [0.5, 0.6) is 0 Å². The number of alkyl halides is 1. The molecule has 2 heterocycles. The fraction of sp³-hybridized carbons (Fsp3) is 0.500. The van der Waals surface area contributed by atoms with Crippen molar-refractivity contribution in [3.05, 3.63) is 16.7 Å².